The molecule has 0 spiro atoms. The van der Waals surface area contributed by atoms with Crippen LogP contribution in [0.4, 0.5) is 5.69 Å². The van der Waals surface area contributed by atoms with Crippen LogP contribution in [0.15, 0.2) is 29.6 Å². The molecule has 1 aromatic heterocycles. The summed E-state index contributed by atoms with van der Waals surface area (Å²) in [5.74, 6) is 0.668. The molecule has 4 heteroatoms. The van der Waals surface area contributed by atoms with Crippen molar-refractivity contribution in [1.29, 1.82) is 0 Å². The average molecular weight is 309 g/mol. The summed E-state index contributed by atoms with van der Waals surface area (Å²) in [6.45, 7) is 7.34. The predicted octanol–water partition coefficient (Wildman–Crippen LogP) is 4.83. The molecule has 0 saturated heterocycles. The van der Waals surface area contributed by atoms with Gasteiger partial charge in [-0.05, 0) is 24.1 Å². The van der Waals surface area contributed by atoms with E-state index in [4.69, 9.17) is 11.6 Å². The fourth-order valence-electron chi connectivity index (χ4n) is 1.81. The lowest BCUT2D eigenvalue weighted by Gasteiger charge is -2.14. The van der Waals surface area contributed by atoms with Gasteiger partial charge in [0.2, 0.25) is 0 Å². The summed E-state index contributed by atoms with van der Waals surface area (Å²) in [5.41, 5.74) is 3.68. The number of hydrogen-bond donors (Lipinski definition) is 1. The summed E-state index contributed by atoms with van der Waals surface area (Å²) in [4.78, 5) is 4.68. The van der Waals surface area contributed by atoms with Gasteiger partial charge in [-0.2, -0.15) is 0 Å². The van der Waals surface area contributed by atoms with E-state index in [2.05, 4.69) is 60.7 Å². The van der Waals surface area contributed by atoms with Crippen LogP contribution in [-0.4, -0.2) is 10.9 Å². The molecule has 0 bridgehead atoms. The number of nitrogens with one attached hydrogen (secondary N) is 1. The van der Waals surface area contributed by atoms with Crippen LogP contribution < -0.4 is 5.32 Å². The number of alkyl halides is 1. The Morgan fingerprint density at radius 2 is 1.90 bits per heavy atom. The third-order valence-corrected chi connectivity index (χ3v) is 4.14. The summed E-state index contributed by atoms with van der Waals surface area (Å²) < 4.78 is 0. The fraction of sp³-hybridized carbons (Fsp3) is 0.438. The predicted molar refractivity (Wildman–Crippen MR) is 89.0 cm³/mol. The van der Waals surface area contributed by atoms with E-state index in [1.807, 2.05) is 0 Å². The van der Waals surface area contributed by atoms with E-state index in [9.17, 15) is 0 Å². The molecule has 1 aromatic carbocycles. The van der Waals surface area contributed by atoms with Crippen LogP contribution in [0.5, 0.6) is 0 Å². The first-order chi connectivity index (χ1) is 9.49. The Morgan fingerprint density at radius 3 is 2.45 bits per heavy atom. The molecular formula is C16H21ClN2S. The molecule has 2 aromatic rings. The minimum atomic E-state index is 0.123. The summed E-state index contributed by atoms with van der Waals surface area (Å²) in [7, 11) is 0. The van der Waals surface area contributed by atoms with Crippen LogP contribution in [0, 0.1) is 0 Å². The van der Waals surface area contributed by atoms with Crippen LogP contribution in [0.2, 0.25) is 0 Å². The first kappa shape index (κ1) is 15.3. The van der Waals surface area contributed by atoms with Crippen molar-refractivity contribution < 1.29 is 0 Å². The standard InChI is InChI=1S/C16H21ClN2S/c1-16(2,3)14-11-20-15(19-14)10-18-13-6-4-12(5-7-13)8-9-17/h4-7,11,18H,8-10H2,1-3H3. The SMILES string of the molecule is CC(C)(C)c1csc(CNc2ccc(CCCl)cc2)n1. The van der Waals surface area contributed by atoms with Gasteiger partial charge in [0.15, 0.2) is 0 Å². The van der Waals surface area contributed by atoms with E-state index in [-0.39, 0.29) is 5.41 Å². The van der Waals surface area contributed by atoms with Crippen molar-refractivity contribution in [2.24, 2.45) is 0 Å². The van der Waals surface area contributed by atoms with Crippen molar-refractivity contribution in [2.45, 2.75) is 39.2 Å². The second-order valence-electron chi connectivity index (χ2n) is 5.87. The van der Waals surface area contributed by atoms with Gasteiger partial charge in [-0.25, -0.2) is 4.98 Å². The Hall–Kier alpha value is -1.06. The monoisotopic (exact) mass is 308 g/mol. The zero-order valence-electron chi connectivity index (χ0n) is 12.2. The normalized spacial score (nSPS) is 11.6. The summed E-state index contributed by atoms with van der Waals surface area (Å²) >= 11 is 7.45. The summed E-state index contributed by atoms with van der Waals surface area (Å²) in [6.07, 6.45) is 0.920. The van der Waals surface area contributed by atoms with Crippen molar-refractivity contribution in [1.82, 2.24) is 4.98 Å². The maximum absolute atomic E-state index is 5.73. The molecule has 0 saturated carbocycles. The molecule has 0 aliphatic heterocycles. The van der Waals surface area contributed by atoms with Gasteiger partial charge in [0.1, 0.15) is 5.01 Å². The molecule has 0 aliphatic carbocycles. The van der Waals surface area contributed by atoms with Crippen LogP contribution in [0.1, 0.15) is 37.0 Å². The van der Waals surface area contributed by atoms with Gasteiger partial charge in [-0.3, -0.25) is 0 Å². The highest BCUT2D eigenvalue weighted by Crippen LogP contribution is 2.24. The molecule has 20 heavy (non-hydrogen) atoms. The molecule has 1 N–H and O–H groups in total. The van der Waals surface area contributed by atoms with Crippen LogP contribution in [-0.2, 0) is 18.4 Å². The molecular weight excluding hydrogens is 288 g/mol. The Kier molecular flexibility index (Phi) is 5.06. The topological polar surface area (TPSA) is 24.9 Å². The number of aromatic nitrogens is 1. The lowest BCUT2D eigenvalue weighted by molar-refractivity contribution is 0.571. The van der Waals surface area contributed by atoms with Crippen molar-refractivity contribution in [3.8, 4) is 0 Å². The molecule has 2 nitrogen and oxygen atoms in total. The van der Waals surface area contributed by atoms with E-state index in [1.54, 1.807) is 11.3 Å². The molecule has 108 valence electrons. The minimum Gasteiger partial charge on any atom is -0.379 e. The van der Waals surface area contributed by atoms with Gasteiger partial charge in [-0.15, -0.1) is 22.9 Å². The fourth-order valence-corrected chi connectivity index (χ4v) is 2.99. The highest BCUT2D eigenvalue weighted by atomic mass is 35.5. The molecule has 0 radical (unpaired) electrons. The van der Waals surface area contributed by atoms with Gasteiger partial charge < -0.3 is 5.32 Å². The third-order valence-electron chi connectivity index (χ3n) is 3.10. The highest BCUT2D eigenvalue weighted by molar-refractivity contribution is 7.09. The van der Waals surface area contributed by atoms with Gasteiger partial charge in [0.25, 0.3) is 0 Å². The Bertz CT molecular complexity index is 540. The van der Waals surface area contributed by atoms with Crippen molar-refractivity contribution in [3.63, 3.8) is 0 Å². The number of rotatable bonds is 5. The number of hydrogen-bond acceptors (Lipinski definition) is 3. The molecule has 0 unspecified atom stereocenters. The number of thiazole rings is 1. The number of anilines is 1. The van der Waals surface area contributed by atoms with E-state index in [1.165, 1.54) is 5.56 Å². The zero-order valence-corrected chi connectivity index (χ0v) is 13.8. The van der Waals surface area contributed by atoms with Crippen LogP contribution >= 0.6 is 22.9 Å². The maximum Gasteiger partial charge on any atom is 0.112 e. The molecule has 0 fully saturated rings. The van der Waals surface area contributed by atoms with Crippen molar-refractivity contribution >= 4 is 28.6 Å². The second-order valence-corrected chi connectivity index (χ2v) is 7.19. The summed E-state index contributed by atoms with van der Waals surface area (Å²) in [5, 5.41) is 6.69. The largest absolute Gasteiger partial charge is 0.379 e. The van der Waals surface area contributed by atoms with Crippen molar-refractivity contribution in [3.05, 3.63) is 45.9 Å². The van der Waals surface area contributed by atoms with Crippen molar-refractivity contribution in [2.75, 3.05) is 11.2 Å². The average Bonchev–Trinajstić information content (AvgIpc) is 2.87. The van der Waals surface area contributed by atoms with Gasteiger partial charge in [-0.1, -0.05) is 32.9 Å². The molecule has 1 heterocycles. The molecule has 2 rings (SSSR count). The quantitative estimate of drug-likeness (QED) is 0.800. The number of halogens is 1. The van der Waals surface area contributed by atoms with Crippen LogP contribution in [0.25, 0.3) is 0 Å². The van der Waals surface area contributed by atoms with E-state index < -0.39 is 0 Å². The Labute approximate surface area is 130 Å². The number of aryl methyl sites for hydroxylation is 1. The lowest BCUT2D eigenvalue weighted by Crippen LogP contribution is -2.11. The number of benzene rings is 1. The lowest BCUT2D eigenvalue weighted by atomic mass is 9.93. The Morgan fingerprint density at radius 1 is 1.20 bits per heavy atom. The molecule has 0 amide bonds. The smallest absolute Gasteiger partial charge is 0.112 e. The minimum absolute atomic E-state index is 0.123. The zero-order chi connectivity index (χ0) is 14.6. The van der Waals surface area contributed by atoms with Crippen LogP contribution in [0.3, 0.4) is 0 Å². The number of nitrogens with zero attached hydrogens (tertiary/aromatic N) is 1. The van der Waals surface area contributed by atoms with E-state index in [0.29, 0.717) is 5.88 Å². The Balaban J connectivity index is 1.93. The molecule has 0 atom stereocenters. The maximum atomic E-state index is 5.73. The van der Waals surface area contributed by atoms with Gasteiger partial charge >= 0.3 is 0 Å². The second kappa shape index (κ2) is 6.59. The van der Waals surface area contributed by atoms with E-state index >= 15 is 0 Å². The highest BCUT2D eigenvalue weighted by Gasteiger charge is 2.17. The molecule has 0 aliphatic rings. The first-order valence-corrected chi connectivity index (χ1v) is 8.24. The van der Waals surface area contributed by atoms with E-state index in [0.717, 1.165) is 29.4 Å². The first-order valence-electron chi connectivity index (χ1n) is 6.83. The third kappa shape index (κ3) is 4.22. The van der Waals surface area contributed by atoms with Gasteiger partial charge in [0.05, 0.1) is 12.2 Å². The summed E-state index contributed by atoms with van der Waals surface area (Å²) in [6, 6.07) is 8.43. The van der Waals surface area contributed by atoms with Gasteiger partial charge in [0, 0.05) is 22.4 Å².